The summed E-state index contributed by atoms with van der Waals surface area (Å²) in [5.74, 6) is 1.93. The lowest BCUT2D eigenvalue weighted by Crippen LogP contribution is -2.42. The van der Waals surface area contributed by atoms with Crippen LogP contribution in [0.3, 0.4) is 0 Å². The van der Waals surface area contributed by atoms with Gasteiger partial charge < -0.3 is 24.8 Å². The van der Waals surface area contributed by atoms with Gasteiger partial charge in [0.05, 0.1) is 18.7 Å². The van der Waals surface area contributed by atoms with Crippen molar-refractivity contribution >= 4 is 11.9 Å². The topological polar surface area (TPSA) is 121 Å². The first-order chi connectivity index (χ1) is 16.1. The molecule has 1 aromatic carbocycles. The maximum atomic E-state index is 12.4. The molecule has 178 valence electrons. The van der Waals surface area contributed by atoms with E-state index in [-0.39, 0.29) is 17.9 Å². The molecule has 0 saturated carbocycles. The molecular weight excluding hydrogens is 424 g/mol. The van der Waals surface area contributed by atoms with Gasteiger partial charge in [-0.3, -0.25) is 10.2 Å². The molecule has 2 saturated heterocycles. The molecule has 0 spiro atoms. The van der Waals surface area contributed by atoms with E-state index in [4.69, 9.17) is 9.47 Å². The Labute approximate surface area is 193 Å². The van der Waals surface area contributed by atoms with Crippen LogP contribution in [0.25, 0.3) is 0 Å². The molecule has 0 bridgehead atoms. The Balaban J connectivity index is 1.29. The van der Waals surface area contributed by atoms with Gasteiger partial charge in [0.2, 0.25) is 5.95 Å². The Morgan fingerprint density at radius 3 is 2.79 bits per heavy atom. The molecule has 4 N–H and O–H groups in total. The molecule has 3 heterocycles. The zero-order valence-corrected chi connectivity index (χ0v) is 18.9. The number of nitrogens with zero attached hydrogens (tertiary/aromatic N) is 3. The van der Waals surface area contributed by atoms with E-state index in [1.165, 1.54) is 0 Å². The molecule has 3 atom stereocenters. The van der Waals surface area contributed by atoms with Crippen molar-refractivity contribution in [2.75, 3.05) is 37.7 Å². The first-order valence-corrected chi connectivity index (χ1v) is 11.5. The molecular formula is C23H32N6O4. The summed E-state index contributed by atoms with van der Waals surface area (Å²) in [6.45, 7) is 5.19. The first kappa shape index (κ1) is 23.2. The molecule has 1 aromatic heterocycles. The molecule has 2 aliphatic heterocycles. The van der Waals surface area contributed by atoms with Crippen LogP contribution in [0.15, 0.2) is 36.7 Å². The lowest BCUT2D eigenvalue weighted by atomic mass is 10.1. The van der Waals surface area contributed by atoms with E-state index in [0.29, 0.717) is 44.2 Å². The number of carbonyl (C=O) groups excluding carboxylic acids is 1. The Morgan fingerprint density at radius 2 is 2.06 bits per heavy atom. The third-order valence-electron chi connectivity index (χ3n) is 5.87. The Hall–Kier alpha value is -2.95. The van der Waals surface area contributed by atoms with Crippen molar-refractivity contribution in [3.8, 4) is 11.5 Å². The van der Waals surface area contributed by atoms with Crippen LogP contribution in [-0.2, 0) is 0 Å². The second-order valence-corrected chi connectivity index (χ2v) is 8.25. The van der Waals surface area contributed by atoms with Crippen LogP contribution in [0.2, 0.25) is 0 Å². The predicted octanol–water partition coefficient (Wildman–Crippen LogP) is 1.09. The normalized spacial score (nSPS) is 22.7. The highest BCUT2D eigenvalue weighted by Crippen LogP contribution is 2.29. The van der Waals surface area contributed by atoms with Gasteiger partial charge in [-0.25, -0.2) is 15.4 Å². The van der Waals surface area contributed by atoms with Crippen LogP contribution in [-0.4, -0.2) is 66.1 Å². The Morgan fingerprint density at radius 1 is 1.27 bits per heavy atom. The average Bonchev–Trinajstić information content (AvgIpc) is 3.25. The van der Waals surface area contributed by atoms with Crippen LogP contribution < -0.4 is 30.5 Å². The number of aliphatic hydroxyl groups excluding tert-OH is 1. The number of aliphatic hydroxyl groups is 1. The molecule has 2 fully saturated rings. The van der Waals surface area contributed by atoms with Gasteiger partial charge in [-0.1, -0.05) is 12.1 Å². The van der Waals surface area contributed by atoms with E-state index in [0.717, 1.165) is 30.9 Å². The van der Waals surface area contributed by atoms with Gasteiger partial charge in [0.1, 0.15) is 12.3 Å². The minimum absolute atomic E-state index is 0.00171. The fraction of sp³-hybridized carbons (Fsp3) is 0.522. The zero-order valence-electron chi connectivity index (χ0n) is 18.9. The van der Waals surface area contributed by atoms with E-state index >= 15 is 0 Å². The molecule has 2 unspecified atom stereocenters. The molecule has 0 aliphatic carbocycles. The number of benzene rings is 1. The molecule has 2 aliphatic rings. The van der Waals surface area contributed by atoms with E-state index in [9.17, 15) is 9.90 Å². The van der Waals surface area contributed by atoms with Crippen LogP contribution in [0.5, 0.6) is 11.5 Å². The maximum absolute atomic E-state index is 12.4. The molecule has 0 radical (unpaired) electrons. The largest absolute Gasteiger partial charge is 0.490 e. The standard InChI is InChI=1S/C23H32N6O4/c1-2-32-19-7-3-4-8-20(19)33-18-6-5-11-29(15-18)23-25-12-17(13-26-23)21(30)24-10-9-16-14-27-28-22(16)31/h3-4,7-8,12-13,16,18,22,27-28,31H,2,5-6,9-11,14-15H2,1H3,(H,24,30)/t16?,18-,22?/m1/s1. The van der Waals surface area contributed by atoms with Crippen molar-refractivity contribution in [1.29, 1.82) is 0 Å². The maximum Gasteiger partial charge on any atom is 0.254 e. The van der Waals surface area contributed by atoms with Gasteiger partial charge in [-0.15, -0.1) is 0 Å². The number of carbonyl (C=O) groups is 1. The Kier molecular flexibility index (Phi) is 7.92. The Bertz CT molecular complexity index is 912. The SMILES string of the molecule is CCOc1ccccc1O[C@@H]1CCCN(c2ncc(C(=O)NCCC3CNNC3O)cn2)C1. The van der Waals surface area contributed by atoms with Crippen molar-refractivity contribution in [1.82, 2.24) is 26.1 Å². The molecule has 10 heteroatoms. The number of para-hydroxylation sites is 2. The van der Waals surface area contributed by atoms with E-state index in [2.05, 4.69) is 31.0 Å². The van der Waals surface area contributed by atoms with Gasteiger partial charge in [0, 0.05) is 37.9 Å². The third kappa shape index (κ3) is 6.10. The van der Waals surface area contributed by atoms with Crippen molar-refractivity contribution in [2.24, 2.45) is 5.92 Å². The van der Waals surface area contributed by atoms with Crippen molar-refractivity contribution in [2.45, 2.75) is 38.5 Å². The minimum Gasteiger partial charge on any atom is -0.490 e. The number of hydrogen-bond donors (Lipinski definition) is 4. The summed E-state index contributed by atoms with van der Waals surface area (Å²) >= 11 is 0. The van der Waals surface area contributed by atoms with E-state index in [1.807, 2.05) is 31.2 Å². The zero-order chi connectivity index (χ0) is 23.0. The highest BCUT2D eigenvalue weighted by molar-refractivity contribution is 5.93. The second-order valence-electron chi connectivity index (χ2n) is 8.25. The molecule has 4 rings (SSSR count). The fourth-order valence-corrected chi connectivity index (χ4v) is 4.08. The smallest absolute Gasteiger partial charge is 0.254 e. The summed E-state index contributed by atoms with van der Waals surface area (Å²) in [4.78, 5) is 23.3. The second kappa shape index (κ2) is 11.3. The molecule has 2 aromatic rings. The highest BCUT2D eigenvalue weighted by atomic mass is 16.5. The number of amides is 1. The summed E-state index contributed by atoms with van der Waals surface area (Å²) in [6.07, 6.45) is 5.10. The van der Waals surface area contributed by atoms with Gasteiger partial charge >= 0.3 is 0 Å². The third-order valence-corrected chi connectivity index (χ3v) is 5.87. The number of nitrogens with one attached hydrogen (secondary N) is 3. The quantitative estimate of drug-likeness (QED) is 0.439. The summed E-state index contributed by atoms with van der Waals surface area (Å²) in [5, 5.41) is 12.6. The van der Waals surface area contributed by atoms with Crippen molar-refractivity contribution < 1.29 is 19.4 Å². The molecule has 10 nitrogen and oxygen atoms in total. The summed E-state index contributed by atoms with van der Waals surface area (Å²) < 4.78 is 11.9. The van der Waals surface area contributed by atoms with Crippen molar-refractivity contribution in [3.63, 3.8) is 0 Å². The molecule has 1 amide bonds. The minimum atomic E-state index is -0.588. The number of ether oxygens (including phenoxy) is 2. The average molecular weight is 457 g/mol. The molecule has 33 heavy (non-hydrogen) atoms. The van der Waals surface area contributed by atoms with Gasteiger partial charge in [0.25, 0.3) is 5.91 Å². The number of rotatable bonds is 9. The van der Waals surface area contributed by atoms with Crippen LogP contribution >= 0.6 is 0 Å². The highest BCUT2D eigenvalue weighted by Gasteiger charge is 2.25. The van der Waals surface area contributed by atoms with E-state index < -0.39 is 6.23 Å². The predicted molar refractivity (Wildman–Crippen MR) is 123 cm³/mol. The number of hydrazine groups is 1. The van der Waals surface area contributed by atoms with E-state index in [1.54, 1.807) is 12.4 Å². The monoisotopic (exact) mass is 456 g/mol. The first-order valence-electron chi connectivity index (χ1n) is 11.5. The summed E-state index contributed by atoms with van der Waals surface area (Å²) in [5.41, 5.74) is 6.07. The number of piperidine rings is 1. The van der Waals surface area contributed by atoms with Crippen LogP contribution in [0.4, 0.5) is 5.95 Å². The van der Waals surface area contributed by atoms with Gasteiger partial charge in [-0.05, 0) is 38.3 Å². The summed E-state index contributed by atoms with van der Waals surface area (Å²) in [6, 6.07) is 7.71. The lowest BCUT2D eigenvalue weighted by molar-refractivity contribution is 0.0923. The number of aromatic nitrogens is 2. The number of anilines is 1. The van der Waals surface area contributed by atoms with Crippen molar-refractivity contribution in [3.05, 3.63) is 42.2 Å². The van der Waals surface area contributed by atoms with Gasteiger partial charge in [-0.2, -0.15) is 0 Å². The fourth-order valence-electron chi connectivity index (χ4n) is 4.08. The number of hydrogen-bond acceptors (Lipinski definition) is 9. The lowest BCUT2D eigenvalue weighted by Gasteiger charge is -2.33. The van der Waals surface area contributed by atoms with Crippen LogP contribution in [0.1, 0.15) is 36.5 Å². The van der Waals surface area contributed by atoms with Crippen LogP contribution in [0, 0.1) is 5.92 Å². The van der Waals surface area contributed by atoms with Gasteiger partial charge in [0.15, 0.2) is 11.5 Å². The summed E-state index contributed by atoms with van der Waals surface area (Å²) in [7, 11) is 0.